The van der Waals surface area contributed by atoms with Crippen LogP contribution >= 0.6 is 0 Å². The molecule has 0 unspecified atom stereocenters. The van der Waals surface area contributed by atoms with Gasteiger partial charge in [0, 0.05) is 26.5 Å². The average Bonchev–Trinajstić information content (AvgIpc) is 2.58. The Balaban J connectivity index is 2.11. The second-order valence-electron chi connectivity index (χ2n) is 5.23. The van der Waals surface area contributed by atoms with Crippen molar-refractivity contribution < 1.29 is 22.7 Å². The zero-order chi connectivity index (χ0) is 18.3. The lowest BCUT2D eigenvalue weighted by Crippen LogP contribution is -2.25. The first-order chi connectivity index (χ1) is 11.9. The van der Waals surface area contributed by atoms with E-state index in [1.165, 1.54) is 36.7 Å². The Kier molecular flexibility index (Phi) is 6.35. The van der Waals surface area contributed by atoms with Crippen LogP contribution in [0, 0.1) is 0 Å². The van der Waals surface area contributed by atoms with Crippen molar-refractivity contribution in [2.45, 2.75) is 12.6 Å². The van der Waals surface area contributed by atoms with Gasteiger partial charge in [0.25, 0.3) is 5.91 Å². The number of carbonyl (C=O) groups is 1. The molecule has 0 radical (unpaired) electrons. The number of nitrogens with one attached hydrogen (secondary N) is 2. The number of benzene rings is 1. The van der Waals surface area contributed by atoms with Gasteiger partial charge in [-0.1, -0.05) is 12.1 Å². The Morgan fingerprint density at radius 2 is 2.00 bits per heavy atom. The summed E-state index contributed by atoms with van der Waals surface area (Å²) >= 11 is 0. The van der Waals surface area contributed by atoms with Gasteiger partial charge in [0.2, 0.25) is 0 Å². The number of methoxy groups -OCH3 is 1. The lowest BCUT2D eigenvalue weighted by atomic mass is 10.1. The topological polar surface area (TPSA) is 63.2 Å². The molecule has 5 nitrogen and oxygen atoms in total. The summed E-state index contributed by atoms with van der Waals surface area (Å²) in [5.41, 5.74) is -0.341. The molecule has 25 heavy (non-hydrogen) atoms. The molecule has 0 atom stereocenters. The Bertz CT molecular complexity index is 720. The van der Waals surface area contributed by atoms with E-state index in [-0.39, 0.29) is 17.2 Å². The summed E-state index contributed by atoms with van der Waals surface area (Å²) in [7, 11) is 1.57. The van der Waals surface area contributed by atoms with Gasteiger partial charge in [-0.3, -0.25) is 9.78 Å². The van der Waals surface area contributed by atoms with Crippen LogP contribution in [0.4, 0.5) is 24.5 Å². The maximum atomic E-state index is 13.0. The first kappa shape index (κ1) is 18.7. The fraction of sp³-hybridized carbons (Fsp3) is 0.294. The summed E-state index contributed by atoms with van der Waals surface area (Å²) in [4.78, 5) is 15.9. The van der Waals surface area contributed by atoms with Gasteiger partial charge in [-0.2, -0.15) is 13.2 Å². The third-order valence-corrected chi connectivity index (χ3v) is 3.32. The summed E-state index contributed by atoms with van der Waals surface area (Å²) in [5.74, 6) is -0.351. The van der Waals surface area contributed by atoms with Crippen molar-refractivity contribution in [2.75, 3.05) is 25.6 Å². The third kappa shape index (κ3) is 5.46. The maximum Gasteiger partial charge on any atom is 0.418 e. The van der Waals surface area contributed by atoms with Crippen molar-refractivity contribution in [1.82, 2.24) is 10.3 Å². The minimum atomic E-state index is -4.48. The van der Waals surface area contributed by atoms with Crippen molar-refractivity contribution in [2.24, 2.45) is 0 Å². The van der Waals surface area contributed by atoms with E-state index in [2.05, 4.69) is 15.6 Å². The molecule has 2 aromatic rings. The number of ether oxygens (including phenoxy) is 1. The van der Waals surface area contributed by atoms with Crippen LogP contribution in [-0.4, -0.2) is 31.2 Å². The molecule has 1 amide bonds. The summed E-state index contributed by atoms with van der Waals surface area (Å²) in [6.45, 7) is 0.954. The van der Waals surface area contributed by atoms with E-state index in [4.69, 9.17) is 4.74 Å². The Hall–Kier alpha value is -2.61. The third-order valence-electron chi connectivity index (χ3n) is 3.32. The van der Waals surface area contributed by atoms with Crippen LogP contribution in [-0.2, 0) is 10.9 Å². The summed E-state index contributed by atoms with van der Waals surface area (Å²) in [5, 5.41) is 5.36. The van der Waals surface area contributed by atoms with Gasteiger partial charge < -0.3 is 15.4 Å². The van der Waals surface area contributed by atoms with E-state index in [1.54, 1.807) is 7.11 Å². The quantitative estimate of drug-likeness (QED) is 0.747. The first-order valence-electron chi connectivity index (χ1n) is 7.57. The summed E-state index contributed by atoms with van der Waals surface area (Å²) < 4.78 is 44.0. The second kappa shape index (κ2) is 8.48. The lowest BCUT2D eigenvalue weighted by Gasteiger charge is -2.14. The number of halogens is 3. The molecule has 2 N–H and O–H groups in total. The predicted octanol–water partition coefficient (Wildman–Crippen LogP) is 3.61. The monoisotopic (exact) mass is 353 g/mol. The molecule has 0 fully saturated rings. The predicted molar refractivity (Wildman–Crippen MR) is 87.8 cm³/mol. The number of para-hydroxylation sites is 1. The SMILES string of the molecule is COCCCNC(=O)c1cncc(Nc2ccccc2C(F)(F)F)c1. The largest absolute Gasteiger partial charge is 0.418 e. The minimum absolute atomic E-state index is 0.102. The van der Waals surface area contributed by atoms with E-state index in [0.717, 1.165) is 6.07 Å². The highest BCUT2D eigenvalue weighted by atomic mass is 19.4. The van der Waals surface area contributed by atoms with E-state index in [1.807, 2.05) is 0 Å². The fourth-order valence-corrected chi connectivity index (χ4v) is 2.15. The standard InChI is InChI=1S/C17H18F3N3O2/c1-25-8-4-7-22-16(24)12-9-13(11-21-10-12)23-15-6-3-2-5-14(15)17(18,19)20/h2-3,5-6,9-11,23H,4,7-8H2,1H3,(H,22,24). The fourth-order valence-electron chi connectivity index (χ4n) is 2.15. The van der Waals surface area contributed by atoms with Crippen LogP contribution in [0.1, 0.15) is 22.3 Å². The van der Waals surface area contributed by atoms with Crippen LogP contribution in [0.2, 0.25) is 0 Å². The van der Waals surface area contributed by atoms with Crippen LogP contribution in [0.25, 0.3) is 0 Å². The average molecular weight is 353 g/mol. The van der Waals surface area contributed by atoms with Crippen molar-refractivity contribution in [3.8, 4) is 0 Å². The van der Waals surface area contributed by atoms with Crippen LogP contribution in [0.3, 0.4) is 0 Å². The maximum absolute atomic E-state index is 13.0. The molecule has 1 aromatic heterocycles. The molecule has 0 aliphatic rings. The summed E-state index contributed by atoms with van der Waals surface area (Å²) in [6.07, 6.45) is -1.11. The zero-order valence-electron chi connectivity index (χ0n) is 13.6. The molecule has 2 rings (SSSR count). The Morgan fingerprint density at radius 3 is 2.72 bits per heavy atom. The van der Waals surface area contributed by atoms with Crippen molar-refractivity contribution >= 4 is 17.3 Å². The summed E-state index contributed by atoms with van der Waals surface area (Å²) in [6, 6.07) is 6.57. The molecule has 0 aliphatic carbocycles. The number of amides is 1. The number of aromatic nitrogens is 1. The number of anilines is 2. The number of alkyl halides is 3. The molecule has 0 bridgehead atoms. The van der Waals surface area contributed by atoms with Gasteiger partial charge in [-0.25, -0.2) is 0 Å². The molecule has 0 saturated heterocycles. The van der Waals surface area contributed by atoms with Gasteiger partial charge >= 0.3 is 6.18 Å². The number of carbonyl (C=O) groups excluding carboxylic acids is 1. The normalized spacial score (nSPS) is 11.2. The van der Waals surface area contributed by atoms with Crippen molar-refractivity contribution in [3.05, 3.63) is 53.9 Å². The molecular weight excluding hydrogens is 335 g/mol. The van der Waals surface area contributed by atoms with E-state index in [0.29, 0.717) is 25.3 Å². The van der Waals surface area contributed by atoms with Gasteiger partial charge in [-0.05, 0) is 24.6 Å². The highest BCUT2D eigenvalue weighted by Gasteiger charge is 2.33. The van der Waals surface area contributed by atoms with Gasteiger partial charge in [0.05, 0.1) is 28.7 Å². The molecule has 1 heterocycles. The molecule has 0 aliphatic heterocycles. The molecule has 0 spiro atoms. The van der Waals surface area contributed by atoms with Crippen molar-refractivity contribution in [1.29, 1.82) is 0 Å². The first-order valence-corrected chi connectivity index (χ1v) is 7.57. The number of pyridine rings is 1. The molecule has 8 heteroatoms. The van der Waals surface area contributed by atoms with Crippen molar-refractivity contribution in [3.63, 3.8) is 0 Å². The van der Waals surface area contributed by atoms with Crippen LogP contribution < -0.4 is 10.6 Å². The molecule has 134 valence electrons. The highest BCUT2D eigenvalue weighted by molar-refractivity contribution is 5.94. The molecular formula is C17H18F3N3O2. The number of hydrogen-bond donors (Lipinski definition) is 2. The van der Waals surface area contributed by atoms with E-state index >= 15 is 0 Å². The van der Waals surface area contributed by atoms with Crippen LogP contribution in [0.5, 0.6) is 0 Å². The van der Waals surface area contributed by atoms with Gasteiger partial charge in [0.1, 0.15) is 0 Å². The van der Waals surface area contributed by atoms with E-state index < -0.39 is 11.7 Å². The minimum Gasteiger partial charge on any atom is -0.385 e. The number of hydrogen-bond acceptors (Lipinski definition) is 4. The smallest absolute Gasteiger partial charge is 0.385 e. The molecule has 1 aromatic carbocycles. The number of rotatable bonds is 7. The molecule has 0 saturated carbocycles. The van der Waals surface area contributed by atoms with Gasteiger partial charge in [-0.15, -0.1) is 0 Å². The zero-order valence-corrected chi connectivity index (χ0v) is 13.6. The van der Waals surface area contributed by atoms with E-state index in [9.17, 15) is 18.0 Å². The Labute approximate surface area is 143 Å². The van der Waals surface area contributed by atoms with Crippen LogP contribution in [0.15, 0.2) is 42.7 Å². The van der Waals surface area contributed by atoms with Gasteiger partial charge in [0.15, 0.2) is 0 Å². The second-order valence-corrected chi connectivity index (χ2v) is 5.23. The lowest BCUT2D eigenvalue weighted by molar-refractivity contribution is -0.136. The highest BCUT2D eigenvalue weighted by Crippen LogP contribution is 2.35. The number of nitrogens with zero attached hydrogens (tertiary/aromatic N) is 1. The Morgan fingerprint density at radius 1 is 1.24 bits per heavy atom.